The zero-order valence-corrected chi connectivity index (χ0v) is 13.4. The van der Waals surface area contributed by atoms with Crippen molar-refractivity contribution >= 4 is 40.4 Å². The third kappa shape index (κ3) is 2.81. The van der Waals surface area contributed by atoms with Crippen LogP contribution in [0.5, 0.6) is 0 Å². The van der Waals surface area contributed by atoms with Crippen molar-refractivity contribution in [2.24, 2.45) is 0 Å². The first kappa shape index (κ1) is 15.9. The van der Waals surface area contributed by atoms with E-state index in [0.717, 1.165) is 22.2 Å². The fourth-order valence-corrected chi connectivity index (χ4v) is 3.23. The van der Waals surface area contributed by atoms with Gasteiger partial charge in [0, 0.05) is 6.07 Å². The van der Waals surface area contributed by atoms with E-state index in [1.165, 1.54) is 12.1 Å². The molecule has 0 saturated carbocycles. The Bertz CT molecular complexity index is 892. The van der Waals surface area contributed by atoms with Crippen molar-refractivity contribution in [3.8, 4) is 0 Å². The minimum Gasteiger partial charge on any atom is -0.268 e. The van der Waals surface area contributed by atoms with Crippen molar-refractivity contribution in [1.82, 2.24) is 0 Å². The van der Waals surface area contributed by atoms with Gasteiger partial charge in [-0.05, 0) is 42.5 Å². The standard InChI is InChI=1S/C17H12N2O4S/c1-11-6-2-4-8-13(11)18-16(20)15(24-17(18)21)10-12-7-3-5-9-14(12)19(22)23/h2-10H,1H3/b15-10-. The van der Waals surface area contributed by atoms with Crippen LogP contribution >= 0.6 is 11.8 Å². The van der Waals surface area contributed by atoms with Gasteiger partial charge in [0.25, 0.3) is 16.8 Å². The van der Waals surface area contributed by atoms with Crippen LogP contribution in [0, 0.1) is 17.0 Å². The van der Waals surface area contributed by atoms with E-state index in [0.29, 0.717) is 5.69 Å². The third-order valence-corrected chi connectivity index (χ3v) is 4.44. The smallest absolute Gasteiger partial charge is 0.268 e. The van der Waals surface area contributed by atoms with Crippen molar-refractivity contribution in [3.05, 3.63) is 74.7 Å². The van der Waals surface area contributed by atoms with Gasteiger partial charge in [0.05, 0.1) is 21.1 Å². The van der Waals surface area contributed by atoms with Crippen LogP contribution in [-0.4, -0.2) is 16.1 Å². The van der Waals surface area contributed by atoms with Crippen LogP contribution in [0.15, 0.2) is 53.4 Å². The number of rotatable bonds is 3. The van der Waals surface area contributed by atoms with Gasteiger partial charge in [-0.25, -0.2) is 4.90 Å². The maximum atomic E-state index is 12.6. The van der Waals surface area contributed by atoms with E-state index in [1.54, 1.807) is 30.3 Å². The first-order valence-corrected chi connectivity index (χ1v) is 7.87. The number of nitrogens with zero attached hydrogens (tertiary/aromatic N) is 2. The summed E-state index contributed by atoms with van der Waals surface area (Å²) >= 11 is 0.777. The van der Waals surface area contributed by atoms with Gasteiger partial charge in [0.15, 0.2) is 0 Å². The van der Waals surface area contributed by atoms with Crippen molar-refractivity contribution < 1.29 is 14.5 Å². The molecule has 2 aromatic rings. The number of amides is 2. The number of para-hydroxylation sites is 2. The molecule has 6 nitrogen and oxygen atoms in total. The van der Waals surface area contributed by atoms with Crippen LogP contribution in [0.4, 0.5) is 16.2 Å². The van der Waals surface area contributed by atoms with E-state index in [1.807, 2.05) is 19.1 Å². The number of benzene rings is 2. The molecular formula is C17H12N2O4S. The Hall–Kier alpha value is -2.93. The highest BCUT2D eigenvalue weighted by Gasteiger charge is 2.37. The molecule has 2 aromatic carbocycles. The van der Waals surface area contributed by atoms with Crippen molar-refractivity contribution in [2.45, 2.75) is 6.92 Å². The summed E-state index contributed by atoms with van der Waals surface area (Å²) < 4.78 is 0. The number of carbonyl (C=O) groups is 2. The molecule has 0 unspecified atom stereocenters. The van der Waals surface area contributed by atoms with E-state index in [4.69, 9.17) is 0 Å². The number of carbonyl (C=O) groups excluding carboxylic acids is 2. The number of anilines is 1. The summed E-state index contributed by atoms with van der Waals surface area (Å²) in [6.07, 6.45) is 1.39. The number of imide groups is 1. The van der Waals surface area contributed by atoms with E-state index in [2.05, 4.69) is 0 Å². The normalized spacial score (nSPS) is 16.0. The molecule has 0 N–H and O–H groups in total. The Morgan fingerprint density at radius 1 is 1.08 bits per heavy atom. The van der Waals surface area contributed by atoms with Gasteiger partial charge in [0.2, 0.25) is 0 Å². The maximum Gasteiger partial charge on any atom is 0.298 e. The molecule has 7 heteroatoms. The Morgan fingerprint density at radius 3 is 2.46 bits per heavy atom. The Morgan fingerprint density at radius 2 is 1.75 bits per heavy atom. The minimum absolute atomic E-state index is 0.111. The molecule has 1 aliphatic rings. The number of thioether (sulfide) groups is 1. The zero-order chi connectivity index (χ0) is 17.3. The van der Waals surface area contributed by atoms with E-state index in [-0.39, 0.29) is 16.2 Å². The second-order valence-electron chi connectivity index (χ2n) is 5.12. The molecule has 0 radical (unpaired) electrons. The fourth-order valence-electron chi connectivity index (χ4n) is 2.41. The summed E-state index contributed by atoms with van der Waals surface area (Å²) in [5.41, 5.74) is 1.50. The van der Waals surface area contributed by atoms with E-state index >= 15 is 0 Å². The zero-order valence-electron chi connectivity index (χ0n) is 12.6. The molecule has 24 heavy (non-hydrogen) atoms. The number of hydrogen-bond donors (Lipinski definition) is 0. The van der Waals surface area contributed by atoms with Crippen molar-refractivity contribution in [3.63, 3.8) is 0 Å². The lowest BCUT2D eigenvalue weighted by Crippen LogP contribution is -2.28. The molecule has 0 bridgehead atoms. The number of aryl methyl sites for hydroxylation is 1. The number of hydrogen-bond acceptors (Lipinski definition) is 5. The number of nitro groups is 1. The topological polar surface area (TPSA) is 80.5 Å². The van der Waals surface area contributed by atoms with Gasteiger partial charge in [0.1, 0.15) is 0 Å². The highest BCUT2D eigenvalue weighted by atomic mass is 32.2. The number of nitro benzene ring substituents is 1. The van der Waals surface area contributed by atoms with Crippen LogP contribution in [0.25, 0.3) is 6.08 Å². The second-order valence-corrected chi connectivity index (χ2v) is 6.11. The summed E-state index contributed by atoms with van der Waals surface area (Å²) in [5.74, 6) is -0.475. The molecule has 2 amide bonds. The lowest BCUT2D eigenvalue weighted by molar-refractivity contribution is -0.385. The lowest BCUT2D eigenvalue weighted by atomic mass is 10.1. The predicted molar refractivity (Wildman–Crippen MR) is 92.7 cm³/mol. The SMILES string of the molecule is Cc1ccccc1N1C(=O)S/C(=C\c2ccccc2[N+](=O)[O-])C1=O. The monoisotopic (exact) mass is 340 g/mol. The molecule has 1 aliphatic heterocycles. The van der Waals surface area contributed by atoms with Gasteiger partial charge >= 0.3 is 0 Å². The first-order chi connectivity index (χ1) is 11.5. The molecule has 3 rings (SSSR count). The first-order valence-electron chi connectivity index (χ1n) is 7.06. The molecule has 0 spiro atoms. The summed E-state index contributed by atoms with van der Waals surface area (Å²) in [5, 5.41) is 10.7. The largest absolute Gasteiger partial charge is 0.298 e. The molecule has 0 atom stereocenters. The average molecular weight is 340 g/mol. The Labute approximate surface area is 141 Å². The highest BCUT2D eigenvalue weighted by molar-refractivity contribution is 8.19. The van der Waals surface area contributed by atoms with Crippen LogP contribution in [0.3, 0.4) is 0 Å². The Kier molecular flexibility index (Phi) is 4.18. The quantitative estimate of drug-likeness (QED) is 0.476. The van der Waals surface area contributed by atoms with Gasteiger partial charge < -0.3 is 0 Å². The molecular weight excluding hydrogens is 328 g/mol. The molecule has 1 heterocycles. The van der Waals surface area contributed by atoms with Gasteiger partial charge in [-0.2, -0.15) is 0 Å². The fraction of sp³-hybridized carbons (Fsp3) is 0.0588. The highest BCUT2D eigenvalue weighted by Crippen LogP contribution is 2.37. The molecule has 120 valence electrons. The second kappa shape index (κ2) is 6.29. The lowest BCUT2D eigenvalue weighted by Gasteiger charge is -2.14. The van der Waals surface area contributed by atoms with Gasteiger partial charge in [-0.3, -0.25) is 19.7 Å². The minimum atomic E-state index is -0.516. The molecule has 0 aromatic heterocycles. The van der Waals surface area contributed by atoms with Crippen LogP contribution < -0.4 is 4.90 Å². The van der Waals surface area contributed by atoms with Crippen LogP contribution in [0.2, 0.25) is 0 Å². The van der Waals surface area contributed by atoms with E-state index < -0.39 is 16.1 Å². The van der Waals surface area contributed by atoms with Crippen molar-refractivity contribution in [1.29, 1.82) is 0 Å². The summed E-state index contributed by atoms with van der Waals surface area (Å²) in [6.45, 7) is 1.81. The Balaban J connectivity index is 2.01. The van der Waals surface area contributed by atoms with Gasteiger partial charge in [-0.15, -0.1) is 0 Å². The van der Waals surface area contributed by atoms with Crippen LogP contribution in [0.1, 0.15) is 11.1 Å². The third-order valence-electron chi connectivity index (χ3n) is 3.57. The molecule has 1 saturated heterocycles. The summed E-state index contributed by atoms with van der Waals surface area (Å²) in [4.78, 5) is 36.7. The molecule has 1 fully saturated rings. The maximum absolute atomic E-state index is 12.6. The van der Waals surface area contributed by atoms with E-state index in [9.17, 15) is 19.7 Å². The van der Waals surface area contributed by atoms with Crippen LogP contribution in [-0.2, 0) is 4.79 Å². The van der Waals surface area contributed by atoms with Gasteiger partial charge in [-0.1, -0.05) is 30.3 Å². The predicted octanol–water partition coefficient (Wildman–Crippen LogP) is 4.14. The summed E-state index contributed by atoms with van der Waals surface area (Å²) in [7, 11) is 0. The van der Waals surface area contributed by atoms with Crippen molar-refractivity contribution in [2.75, 3.05) is 4.90 Å². The molecule has 0 aliphatic carbocycles. The average Bonchev–Trinajstić information content (AvgIpc) is 2.82. The summed E-state index contributed by atoms with van der Waals surface area (Å²) in [6, 6.07) is 13.2.